The van der Waals surface area contributed by atoms with Crippen molar-refractivity contribution < 1.29 is 0 Å². The lowest BCUT2D eigenvalue weighted by molar-refractivity contribution is 0.595. The molecule has 3 rings (SSSR count). The van der Waals surface area contributed by atoms with E-state index in [1.54, 1.807) is 11.8 Å². The van der Waals surface area contributed by atoms with Crippen LogP contribution >= 0.6 is 11.8 Å². The largest absolute Gasteiger partial charge is 0.324 e. The molecule has 0 radical (unpaired) electrons. The Labute approximate surface area is 123 Å². The van der Waals surface area contributed by atoms with Crippen molar-refractivity contribution in [3.8, 4) is 0 Å². The predicted octanol–water partition coefficient (Wildman–Crippen LogP) is 2.49. The van der Waals surface area contributed by atoms with Gasteiger partial charge in [-0.05, 0) is 36.3 Å². The molecule has 1 aliphatic rings. The first kappa shape index (κ1) is 13.6. The van der Waals surface area contributed by atoms with Crippen molar-refractivity contribution in [3.63, 3.8) is 0 Å². The van der Waals surface area contributed by atoms with E-state index in [4.69, 9.17) is 5.73 Å². The maximum atomic E-state index is 5.63. The van der Waals surface area contributed by atoms with E-state index in [2.05, 4.69) is 34.5 Å². The number of aryl methyl sites for hydroxylation is 1. The number of hydrogen-bond acceptors (Lipinski definition) is 4. The van der Waals surface area contributed by atoms with E-state index in [9.17, 15) is 0 Å². The second-order valence-electron chi connectivity index (χ2n) is 5.26. The topological polar surface area (TPSA) is 56.7 Å². The fraction of sp³-hybridized carbons (Fsp3) is 0.467. The van der Waals surface area contributed by atoms with Crippen LogP contribution in [0.5, 0.6) is 0 Å². The van der Waals surface area contributed by atoms with Crippen LogP contribution in [-0.4, -0.2) is 20.5 Å². The minimum absolute atomic E-state index is 0.441. The molecule has 4 nitrogen and oxygen atoms in total. The van der Waals surface area contributed by atoms with Gasteiger partial charge in [0.15, 0.2) is 5.16 Å². The molecule has 1 unspecified atom stereocenters. The molecule has 5 heteroatoms. The highest BCUT2D eigenvalue weighted by molar-refractivity contribution is 7.99. The Balaban J connectivity index is 1.71. The van der Waals surface area contributed by atoms with Gasteiger partial charge in [-0.25, -0.2) is 0 Å². The normalized spacial score (nSPS) is 18.0. The molecule has 0 saturated carbocycles. The number of rotatable bonds is 4. The predicted molar refractivity (Wildman–Crippen MR) is 81.7 cm³/mol. The molecule has 0 saturated heterocycles. The number of aromatic nitrogens is 3. The molecule has 0 bridgehead atoms. The first-order valence-corrected chi connectivity index (χ1v) is 8.07. The molecule has 2 aromatic rings. The molecule has 0 fully saturated rings. The van der Waals surface area contributed by atoms with Gasteiger partial charge in [0.2, 0.25) is 0 Å². The van der Waals surface area contributed by atoms with Crippen LogP contribution in [0.3, 0.4) is 0 Å². The quantitative estimate of drug-likeness (QED) is 0.878. The molecule has 106 valence electrons. The number of fused-ring (bicyclic) bond motifs is 1. The van der Waals surface area contributed by atoms with Crippen LogP contribution in [-0.2, 0) is 20.0 Å². The lowest BCUT2D eigenvalue weighted by Gasteiger charge is -2.24. The van der Waals surface area contributed by atoms with Gasteiger partial charge in [-0.15, -0.1) is 10.2 Å². The Morgan fingerprint density at radius 2 is 2.20 bits per heavy atom. The number of nitrogens with two attached hydrogens (primary N) is 1. The van der Waals surface area contributed by atoms with E-state index in [0.29, 0.717) is 12.5 Å². The maximum absolute atomic E-state index is 5.63. The highest BCUT2D eigenvalue weighted by atomic mass is 32.2. The zero-order valence-electron chi connectivity index (χ0n) is 11.7. The monoisotopic (exact) mass is 288 g/mol. The third-order valence-electron chi connectivity index (χ3n) is 4.01. The van der Waals surface area contributed by atoms with Gasteiger partial charge in [-0.2, -0.15) is 0 Å². The van der Waals surface area contributed by atoms with Crippen LogP contribution in [0.15, 0.2) is 29.4 Å². The smallest absolute Gasteiger partial charge is 0.191 e. The van der Waals surface area contributed by atoms with E-state index in [1.165, 1.54) is 30.4 Å². The van der Waals surface area contributed by atoms with E-state index >= 15 is 0 Å². The Bertz CT molecular complexity index is 593. The van der Waals surface area contributed by atoms with Crippen LogP contribution in [0, 0.1) is 0 Å². The molecule has 0 spiro atoms. The molecule has 0 amide bonds. The molecule has 20 heavy (non-hydrogen) atoms. The van der Waals surface area contributed by atoms with Crippen LogP contribution in [0.25, 0.3) is 0 Å². The molecule has 1 aliphatic carbocycles. The van der Waals surface area contributed by atoms with Crippen molar-refractivity contribution in [1.82, 2.24) is 14.8 Å². The molecular formula is C15H20N4S. The number of nitrogens with zero attached hydrogens (tertiary/aromatic N) is 3. The first-order chi connectivity index (χ1) is 9.79. The van der Waals surface area contributed by atoms with Crippen molar-refractivity contribution in [1.29, 1.82) is 0 Å². The Hall–Kier alpha value is -1.33. The van der Waals surface area contributed by atoms with Crippen molar-refractivity contribution in [2.75, 3.05) is 5.75 Å². The van der Waals surface area contributed by atoms with Gasteiger partial charge in [0.1, 0.15) is 5.82 Å². The summed E-state index contributed by atoms with van der Waals surface area (Å²) in [6, 6.07) is 8.84. The summed E-state index contributed by atoms with van der Waals surface area (Å²) in [6.07, 6.45) is 3.78. The molecular weight excluding hydrogens is 268 g/mol. The van der Waals surface area contributed by atoms with Crippen molar-refractivity contribution in [2.24, 2.45) is 12.8 Å². The Kier molecular flexibility index (Phi) is 4.08. The minimum atomic E-state index is 0.441. The average Bonchev–Trinajstić information content (AvgIpc) is 2.85. The van der Waals surface area contributed by atoms with Crippen LogP contribution in [0.1, 0.15) is 35.7 Å². The number of benzene rings is 1. The molecule has 2 N–H and O–H groups in total. The maximum Gasteiger partial charge on any atom is 0.191 e. The van der Waals surface area contributed by atoms with E-state index < -0.39 is 0 Å². The third-order valence-corrected chi connectivity index (χ3v) is 5.20. The zero-order valence-corrected chi connectivity index (χ0v) is 12.6. The summed E-state index contributed by atoms with van der Waals surface area (Å²) >= 11 is 1.79. The third kappa shape index (κ3) is 2.60. The summed E-state index contributed by atoms with van der Waals surface area (Å²) in [6.45, 7) is 0.441. The zero-order chi connectivity index (χ0) is 13.9. The molecule has 0 aliphatic heterocycles. The highest BCUT2D eigenvalue weighted by Gasteiger charge is 2.20. The first-order valence-electron chi connectivity index (χ1n) is 7.08. The average molecular weight is 288 g/mol. The molecule has 1 heterocycles. The minimum Gasteiger partial charge on any atom is -0.324 e. The van der Waals surface area contributed by atoms with Gasteiger partial charge in [-0.1, -0.05) is 36.0 Å². The van der Waals surface area contributed by atoms with Crippen LogP contribution < -0.4 is 5.73 Å². The molecule has 1 aromatic heterocycles. The summed E-state index contributed by atoms with van der Waals surface area (Å²) in [4.78, 5) is 0. The molecule has 1 atom stereocenters. The highest BCUT2D eigenvalue weighted by Crippen LogP contribution is 2.35. The standard InChI is InChI=1S/C15H20N4S/c1-19-14(9-16)17-18-15(19)20-10-12-7-4-6-11-5-2-3-8-13(11)12/h2-3,5,8,12H,4,6-7,9-10,16H2,1H3. The molecule has 1 aromatic carbocycles. The Morgan fingerprint density at radius 3 is 3.00 bits per heavy atom. The number of thioether (sulfide) groups is 1. The van der Waals surface area contributed by atoms with Crippen LogP contribution in [0.2, 0.25) is 0 Å². The van der Waals surface area contributed by atoms with Gasteiger partial charge < -0.3 is 10.3 Å². The van der Waals surface area contributed by atoms with Gasteiger partial charge in [0.25, 0.3) is 0 Å². The summed E-state index contributed by atoms with van der Waals surface area (Å²) < 4.78 is 2.00. The van der Waals surface area contributed by atoms with Gasteiger partial charge in [-0.3, -0.25) is 0 Å². The Morgan fingerprint density at radius 1 is 1.35 bits per heavy atom. The van der Waals surface area contributed by atoms with E-state index in [0.717, 1.165) is 16.7 Å². The SMILES string of the molecule is Cn1c(CN)nnc1SCC1CCCc2ccccc21. The summed E-state index contributed by atoms with van der Waals surface area (Å²) in [5.74, 6) is 2.53. The van der Waals surface area contributed by atoms with Crippen molar-refractivity contribution in [2.45, 2.75) is 36.9 Å². The lowest BCUT2D eigenvalue weighted by Crippen LogP contribution is -2.12. The van der Waals surface area contributed by atoms with Gasteiger partial charge in [0, 0.05) is 12.8 Å². The fourth-order valence-electron chi connectivity index (χ4n) is 2.85. The van der Waals surface area contributed by atoms with E-state index in [-0.39, 0.29) is 0 Å². The summed E-state index contributed by atoms with van der Waals surface area (Å²) in [5, 5.41) is 9.30. The number of hydrogen-bond donors (Lipinski definition) is 1. The second-order valence-corrected chi connectivity index (χ2v) is 6.25. The summed E-state index contributed by atoms with van der Waals surface area (Å²) in [7, 11) is 1.99. The second kappa shape index (κ2) is 5.97. The van der Waals surface area contributed by atoms with Gasteiger partial charge in [0.05, 0.1) is 6.54 Å². The fourth-order valence-corrected chi connectivity index (χ4v) is 3.95. The van der Waals surface area contributed by atoms with E-state index in [1.807, 2.05) is 11.6 Å². The summed E-state index contributed by atoms with van der Waals surface area (Å²) in [5.41, 5.74) is 8.67. The van der Waals surface area contributed by atoms with Crippen molar-refractivity contribution >= 4 is 11.8 Å². The van der Waals surface area contributed by atoms with Gasteiger partial charge >= 0.3 is 0 Å². The van der Waals surface area contributed by atoms with Crippen molar-refractivity contribution in [3.05, 3.63) is 41.2 Å². The lowest BCUT2D eigenvalue weighted by atomic mass is 9.84. The van der Waals surface area contributed by atoms with Crippen LogP contribution in [0.4, 0.5) is 0 Å².